The average Bonchev–Trinajstić information content (AvgIpc) is 3.18. The van der Waals surface area contributed by atoms with Crippen molar-refractivity contribution < 1.29 is 9.59 Å². The molecule has 0 spiro atoms. The van der Waals surface area contributed by atoms with E-state index in [2.05, 4.69) is 28.4 Å². The van der Waals surface area contributed by atoms with Crippen molar-refractivity contribution in [2.24, 2.45) is 0 Å². The van der Waals surface area contributed by atoms with E-state index in [4.69, 9.17) is 0 Å². The number of hydrogen-bond donors (Lipinski definition) is 1. The maximum absolute atomic E-state index is 13.1. The van der Waals surface area contributed by atoms with Crippen molar-refractivity contribution in [1.29, 1.82) is 0 Å². The summed E-state index contributed by atoms with van der Waals surface area (Å²) >= 11 is 0. The number of carbonyl (C=O) groups excluding carboxylic acids is 2. The van der Waals surface area contributed by atoms with Gasteiger partial charge in [0.05, 0.1) is 6.42 Å². The molecule has 3 aromatic carbocycles. The van der Waals surface area contributed by atoms with Crippen molar-refractivity contribution in [1.82, 2.24) is 4.90 Å². The molecule has 2 aliphatic heterocycles. The normalized spacial score (nSPS) is 15.7. The van der Waals surface area contributed by atoms with Gasteiger partial charge in [-0.2, -0.15) is 0 Å². The fourth-order valence-corrected chi connectivity index (χ4v) is 4.23. The highest BCUT2D eigenvalue weighted by Crippen LogP contribution is 2.28. The number of amides is 2. The van der Waals surface area contributed by atoms with E-state index < -0.39 is 0 Å². The van der Waals surface area contributed by atoms with E-state index in [1.54, 1.807) is 0 Å². The lowest BCUT2D eigenvalue weighted by atomic mass is 10.0. The third kappa shape index (κ3) is 3.54. The predicted octanol–water partition coefficient (Wildman–Crippen LogP) is 3.81. The van der Waals surface area contributed by atoms with E-state index in [1.807, 2.05) is 59.5 Å². The Hall–Kier alpha value is -3.60. The van der Waals surface area contributed by atoms with Crippen LogP contribution in [0.5, 0.6) is 0 Å². The van der Waals surface area contributed by atoms with Gasteiger partial charge in [-0.05, 0) is 47.0 Å². The molecular weight excluding hydrogens is 374 g/mol. The summed E-state index contributed by atoms with van der Waals surface area (Å²) in [5, 5.41) is 2.87. The molecule has 0 saturated carbocycles. The van der Waals surface area contributed by atoms with Crippen molar-refractivity contribution in [2.75, 3.05) is 36.4 Å². The number of hydrogen-bond acceptors (Lipinski definition) is 3. The topological polar surface area (TPSA) is 52.7 Å². The van der Waals surface area contributed by atoms with E-state index in [0.717, 1.165) is 46.7 Å². The number of fused-ring (bicyclic) bond motifs is 1. The first kappa shape index (κ1) is 18.4. The second kappa shape index (κ2) is 7.67. The molecule has 5 heteroatoms. The molecule has 3 aromatic rings. The fourth-order valence-electron chi connectivity index (χ4n) is 4.23. The minimum Gasteiger partial charge on any atom is -0.368 e. The molecule has 2 amide bonds. The van der Waals surface area contributed by atoms with Gasteiger partial charge in [0.2, 0.25) is 5.91 Å². The summed E-state index contributed by atoms with van der Waals surface area (Å²) in [6.07, 6.45) is 0.444. The summed E-state index contributed by atoms with van der Waals surface area (Å²) in [5.41, 5.74) is 5.97. The standard InChI is InChI=1S/C25H23N3O2/c29-24-17-21-16-22(9-10-23(21)26-24)27-11-13-28(14-12-27)25(30)20-8-4-7-19(15-20)18-5-2-1-3-6-18/h1-10,15-16H,11-14,17H2,(H,26,29). The van der Waals surface area contributed by atoms with Crippen molar-refractivity contribution >= 4 is 23.2 Å². The molecule has 1 N–H and O–H groups in total. The number of nitrogens with one attached hydrogen (secondary N) is 1. The molecule has 5 nitrogen and oxygen atoms in total. The van der Waals surface area contributed by atoms with E-state index in [1.165, 1.54) is 0 Å². The number of rotatable bonds is 3. The Morgan fingerprint density at radius 1 is 0.800 bits per heavy atom. The molecule has 1 fully saturated rings. The first-order valence-electron chi connectivity index (χ1n) is 10.3. The van der Waals surface area contributed by atoms with Crippen LogP contribution in [0.3, 0.4) is 0 Å². The zero-order valence-electron chi connectivity index (χ0n) is 16.7. The summed E-state index contributed by atoms with van der Waals surface area (Å²) in [6, 6.07) is 24.1. The van der Waals surface area contributed by atoms with Crippen LogP contribution in [0.1, 0.15) is 15.9 Å². The van der Waals surface area contributed by atoms with E-state index in [-0.39, 0.29) is 11.8 Å². The summed E-state index contributed by atoms with van der Waals surface area (Å²) < 4.78 is 0. The Bertz CT molecular complexity index is 1100. The molecule has 0 bridgehead atoms. The number of benzene rings is 3. The molecule has 0 radical (unpaired) electrons. The molecule has 0 aromatic heterocycles. The predicted molar refractivity (Wildman–Crippen MR) is 119 cm³/mol. The molecular formula is C25H23N3O2. The zero-order valence-corrected chi connectivity index (χ0v) is 16.7. The maximum atomic E-state index is 13.1. The molecule has 0 unspecified atom stereocenters. The molecule has 5 rings (SSSR count). The van der Waals surface area contributed by atoms with Gasteiger partial charge in [0.1, 0.15) is 0 Å². The molecule has 0 aliphatic carbocycles. The van der Waals surface area contributed by atoms with E-state index >= 15 is 0 Å². The van der Waals surface area contributed by atoms with Gasteiger partial charge in [0.15, 0.2) is 0 Å². The van der Waals surface area contributed by atoms with E-state index in [9.17, 15) is 9.59 Å². The molecule has 150 valence electrons. The monoisotopic (exact) mass is 397 g/mol. The SMILES string of the molecule is O=C1Cc2cc(N3CCN(C(=O)c4cccc(-c5ccccc5)c4)CC3)ccc2N1. The lowest BCUT2D eigenvalue weighted by molar-refractivity contribution is -0.115. The number of piperazine rings is 1. The van der Waals surface area contributed by atoms with Gasteiger partial charge >= 0.3 is 0 Å². The Kier molecular flexibility index (Phi) is 4.71. The summed E-state index contributed by atoms with van der Waals surface area (Å²) in [7, 11) is 0. The number of anilines is 2. The van der Waals surface area contributed by atoms with Crippen LogP contribution < -0.4 is 10.2 Å². The van der Waals surface area contributed by atoms with Crippen LogP contribution in [0.25, 0.3) is 11.1 Å². The largest absolute Gasteiger partial charge is 0.368 e. The quantitative estimate of drug-likeness (QED) is 0.731. The first-order valence-corrected chi connectivity index (χ1v) is 10.3. The van der Waals surface area contributed by atoms with Gasteiger partial charge in [-0.15, -0.1) is 0 Å². The highest BCUT2D eigenvalue weighted by Gasteiger charge is 2.24. The Morgan fingerprint density at radius 2 is 1.57 bits per heavy atom. The lowest BCUT2D eigenvalue weighted by Gasteiger charge is -2.36. The third-order valence-corrected chi connectivity index (χ3v) is 5.86. The van der Waals surface area contributed by atoms with Crippen LogP contribution in [-0.2, 0) is 11.2 Å². The minimum atomic E-state index is 0.0512. The van der Waals surface area contributed by atoms with Crippen LogP contribution in [0.2, 0.25) is 0 Å². The summed E-state index contributed by atoms with van der Waals surface area (Å²) in [5.74, 6) is 0.131. The smallest absolute Gasteiger partial charge is 0.253 e. The molecule has 0 atom stereocenters. The van der Waals surface area contributed by atoms with Gasteiger partial charge in [0.25, 0.3) is 5.91 Å². The van der Waals surface area contributed by atoms with Crippen LogP contribution in [-0.4, -0.2) is 42.9 Å². The Balaban J connectivity index is 1.27. The first-order chi connectivity index (χ1) is 14.7. The fraction of sp³-hybridized carbons (Fsp3) is 0.200. The van der Waals surface area contributed by atoms with Crippen LogP contribution in [0.15, 0.2) is 72.8 Å². The van der Waals surface area contributed by atoms with Gasteiger partial charge in [-0.1, -0.05) is 42.5 Å². The van der Waals surface area contributed by atoms with Crippen molar-refractivity contribution in [3.8, 4) is 11.1 Å². The molecule has 2 aliphatic rings. The Labute approximate surface area is 175 Å². The molecule has 1 saturated heterocycles. The third-order valence-electron chi connectivity index (χ3n) is 5.86. The van der Waals surface area contributed by atoms with Gasteiger partial charge in [-0.25, -0.2) is 0 Å². The number of nitrogens with zero attached hydrogens (tertiary/aromatic N) is 2. The summed E-state index contributed by atoms with van der Waals surface area (Å²) in [6.45, 7) is 2.93. The minimum absolute atomic E-state index is 0.0512. The second-order valence-electron chi connectivity index (χ2n) is 7.79. The number of carbonyl (C=O) groups is 2. The molecule has 2 heterocycles. The van der Waals surface area contributed by atoms with Crippen molar-refractivity contribution in [3.63, 3.8) is 0 Å². The highest BCUT2D eigenvalue weighted by atomic mass is 16.2. The average molecular weight is 397 g/mol. The van der Waals surface area contributed by atoms with Crippen LogP contribution in [0, 0.1) is 0 Å². The highest BCUT2D eigenvalue weighted by molar-refractivity contribution is 5.99. The van der Waals surface area contributed by atoms with Crippen LogP contribution in [0.4, 0.5) is 11.4 Å². The second-order valence-corrected chi connectivity index (χ2v) is 7.79. The maximum Gasteiger partial charge on any atom is 0.253 e. The van der Waals surface area contributed by atoms with Crippen molar-refractivity contribution in [2.45, 2.75) is 6.42 Å². The Morgan fingerprint density at radius 3 is 2.37 bits per heavy atom. The zero-order chi connectivity index (χ0) is 20.5. The van der Waals surface area contributed by atoms with Gasteiger partial charge < -0.3 is 15.1 Å². The van der Waals surface area contributed by atoms with E-state index in [0.29, 0.717) is 19.5 Å². The summed E-state index contributed by atoms with van der Waals surface area (Å²) in [4.78, 5) is 28.9. The lowest BCUT2D eigenvalue weighted by Crippen LogP contribution is -2.48. The molecule has 30 heavy (non-hydrogen) atoms. The van der Waals surface area contributed by atoms with Gasteiger partial charge in [-0.3, -0.25) is 9.59 Å². The van der Waals surface area contributed by atoms with Gasteiger partial charge in [0, 0.05) is 43.1 Å². The van der Waals surface area contributed by atoms with Crippen molar-refractivity contribution in [3.05, 3.63) is 83.9 Å². The van der Waals surface area contributed by atoms with Crippen LogP contribution >= 0.6 is 0 Å².